The van der Waals surface area contributed by atoms with Gasteiger partial charge in [-0.2, -0.15) is 10.1 Å². The molecule has 39 heavy (non-hydrogen) atoms. The zero-order chi connectivity index (χ0) is 28.4. The van der Waals surface area contributed by atoms with Crippen molar-refractivity contribution < 1.29 is 13.2 Å². The van der Waals surface area contributed by atoms with Crippen LogP contribution < -0.4 is 20.1 Å². The average molecular weight is 570 g/mol. The summed E-state index contributed by atoms with van der Waals surface area (Å²) in [7, 11) is -1.71. The highest BCUT2D eigenvalue weighted by molar-refractivity contribution is 7.94. The van der Waals surface area contributed by atoms with Gasteiger partial charge in [0, 0.05) is 41.8 Å². The lowest BCUT2D eigenvalue weighted by Crippen LogP contribution is -2.33. The second kappa shape index (κ2) is 11.1. The van der Waals surface area contributed by atoms with Crippen molar-refractivity contribution in [2.45, 2.75) is 45.5 Å². The quantitative estimate of drug-likeness (QED) is 0.213. The van der Waals surface area contributed by atoms with Crippen LogP contribution in [0, 0.1) is 0 Å². The van der Waals surface area contributed by atoms with Crippen molar-refractivity contribution in [3.8, 4) is 16.9 Å². The fraction of sp³-hybridized carbons (Fsp3) is 0.296. The number of hydrogen-bond donors (Lipinski definition) is 3. The van der Waals surface area contributed by atoms with E-state index >= 15 is 0 Å². The fourth-order valence-electron chi connectivity index (χ4n) is 3.50. The first-order valence-electron chi connectivity index (χ1n) is 12.3. The Morgan fingerprint density at radius 1 is 1.00 bits per heavy atom. The van der Waals surface area contributed by atoms with E-state index in [-0.39, 0.29) is 6.10 Å². The fourth-order valence-corrected chi connectivity index (χ4v) is 4.38. The van der Waals surface area contributed by atoms with Gasteiger partial charge in [-0.3, -0.25) is 9.40 Å². The molecule has 0 aliphatic heterocycles. The zero-order valence-corrected chi connectivity index (χ0v) is 24.2. The lowest BCUT2D eigenvalue weighted by Gasteiger charge is -2.20. The molecule has 0 saturated carbocycles. The number of anilines is 5. The molecule has 2 aromatic carbocycles. The summed E-state index contributed by atoms with van der Waals surface area (Å²) >= 11 is 6.37. The summed E-state index contributed by atoms with van der Waals surface area (Å²) in [4.78, 5) is 8.83. The summed E-state index contributed by atoms with van der Waals surface area (Å²) in [6.07, 6.45) is 5.18. The molecule has 0 unspecified atom stereocenters. The van der Waals surface area contributed by atoms with Crippen molar-refractivity contribution in [3.05, 3.63) is 66.1 Å². The molecule has 206 valence electrons. The van der Waals surface area contributed by atoms with Crippen LogP contribution >= 0.6 is 11.6 Å². The number of aromatic nitrogens is 4. The molecule has 0 bridgehead atoms. The molecule has 0 amide bonds. The maximum atomic E-state index is 12.6. The van der Waals surface area contributed by atoms with Crippen molar-refractivity contribution in [1.29, 1.82) is 0 Å². The molecular formula is C27H32ClN7O3S. The highest BCUT2D eigenvalue weighted by Crippen LogP contribution is 2.34. The Bertz CT molecular complexity index is 1580. The van der Waals surface area contributed by atoms with Gasteiger partial charge in [-0.05, 0) is 65.0 Å². The Kier molecular flexibility index (Phi) is 8.03. The molecule has 3 N–H and O–H groups in total. The third-order valence-electron chi connectivity index (χ3n) is 5.54. The first-order chi connectivity index (χ1) is 18.3. The number of ether oxygens (including phenoxy) is 1. The van der Waals surface area contributed by atoms with Crippen LogP contribution in [0.25, 0.3) is 11.1 Å². The normalized spacial score (nSPS) is 11.9. The molecule has 0 aliphatic rings. The number of aryl methyl sites for hydroxylation is 1. The van der Waals surface area contributed by atoms with Crippen molar-refractivity contribution in [3.63, 3.8) is 0 Å². The maximum absolute atomic E-state index is 12.6. The van der Waals surface area contributed by atoms with Crippen molar-refractivity contribution >= 4 is 50.5 Å². The molecule has 0 aliphatic carbocycles. The van der Waals surface area contributed by atoms with E-state index in [0.29, 0.717) is 33.9 Å². The highest BCUT2D eigenvalue weighted by Gasteiger charge is 2.28. The first-order valence-corrected chi connectivity index (χ1v) is 14.2. The molecule has 0 saturated heterocycles. The molecule has 0 spiro atoms. The van der Waals surface area contributed by atoms with Gasteiger partial charge in [0.1, 0.15) is 10.8 Å². The van der Waals surface area contributed by atoms with Crippen LogP contribution in [0.15, 0.2) is 61.1 Å². The molecule has 0 atom stereocenters. The van der Waals surface area contributed by atoms with Crippen molar-refractivity contribution in [1.82, 2.24) is 19.7 Å². The Morgan fingerprint density at radius 3 is 2.38 bits per heavy atom. The standard InChI is InChI=1S/C27H32ClN7O3S/c1-17(2)38-24-13-20(10-11-22(24)18-14-30-35(6)16-18)32-26-29-15-23(28)25(33-26)31-19-8-7-9-21(12-19)34-39(36,37)27(3,4)5/h7-17,34H,1-6H3,(H2,29,31,32,33). The van der Waals surface area contributed by atoms with E-state index in [9.17, 15) is 8.42 Å². The lowest BCUT2D eigenvalue weighted by molar-refractivity contribution is 0.243. The number of nitrogens with zero attached hydrogens (tertiary/aromatic N) is 4. The van der Waals surface area contributed by atoms with Crippen LogP contribution in [0.4, 0.5) is 28.8 Å². The van der Waals surface area contributed by atoms with Gasteiger partial charge in [0.15, 0.2) is 5.82 Å². The van der Waals surface area contributed by atoms with Gasteiger partial charge in [0.2, 0.25) is 16.0 Å². The van der Waals surface area contributed by atoms with Crippen LogP contribution in [0.3, 0.4) is 0 Å². The molecule has 0 fully saturated rings. The third-order valence-corrected chi connectivity index (χ3v) is 7.94. The van der Waals surface area contributed by atoms with Gasteiger partial charge in [0.25, 0.3) is 0 Å². The largest absolute Gasteiger partial charge is 0.490 e. The molecule has 10 nitrogen and oxygen atoms in total. The van der Waals surface area contributed by atoms with Crippen molar-refractivity contribution in [2.75, 3.05) is 15.4 Å². The van der Waals surface area contributed by atoms with Gasteiger partial charge < -0.3 is 15.4 Å². The van der Waals surface area contributed by atoms with E-state index in [1.807, 2.05) is 45.3 Å². The smallest absolute Gasteiger partial charge is 0.237 e. The predicted molar refractivity (Wildman–Crippen MR) is 157 cm³/mol. The topological polar surface area (TPSA) is 123 Å². The minimum absolute atomic E-state index is 0.0260. The molecule has 4 aromatic rings. The monoisotopic (exact) mass is 569 g/mol. The van der Waals surface area contributed by atoms with Gasteiger partial charge in [-0.25, -0.2) is 13.4 Å². The first kappa shape index (κ1) is 28.2. The molecule has 2 heterocycles. The van der Waals surface area contributed by atoms with Gasteiger partial charge in [-0.15, -0.1) is 0 Å². The summed E-state index contributed by atoms with van der Waals surface area (Å²) in [5.41, 5.74) is 3.61. The summed E-state index contributed by atoms with van der Waals surface area (Å²) in [5.74, 6) is 1.37. The average Bonchev–Trinajstić information content (AvgIpc) is 3.26. The van der Waals surface area contributed by atoms with Gasteiger partial charge in [0.05, 0.1) is 28.9 Å². The summed E-state index contributed by atoms with van der Waals surface area (Å²) in [5, 5.41) is 10.9. The van der Waals surface area contributed by atoms with E-state index in [0.717, 1.165) is 16.8 Å². The number of hydrogen-bond acceptors (Lipinski definition) is 8. The van der Waals surface area contributed by atoms with E-state index in [1.54, 1.807) is 55.9 Å². The van der Waals surface area contributed by atoms with Gasteiger partial charge in [-0.1, -0.05) is 17.7 Å². The summed E-state index contributed by atoms with van der Waals surface area (Å²) in [6, 6.07) is 12.6. The Balaban J connectivity index is 1.56. The lowest BCUT2D eigenvalue weighted by atomic mass is 10.1. The van der Waals surface area contributed by atoms with Crippen LogP contribution in [0.1, 0.15) is 34.6 Å². The molecule has 4 rings (SSSR count). The predicted octanol–water partition coefficient (Wildman–Crippen LogP) is 6.35. The minimum Gasteiger partial charge on any atom is -0.490 e. The summed E-state index contributed by atoms with van der Waals surface area (Å²) in [6.45, 7) is 8.84. The van der Waals surface area contributed by atoms with Crippen molar-refractivity contribution in [2.24, 2.45) is 7.05 Å². The van der Waals surface area contributed by atoms with Crippen LogP contribution in [-0.2, 0) is 17.1 Å². The van der Waals surface area contributed by atoms with Crippen LogP contribution in [0.5, 0.6) is 5.75 Å². The SMILES string of the molecule is CC(C)Oc1cc(Nc2ncc(Cl)c(Nc3cccc(NS(=O)(=O)C(C)(C)C)c3)n2)ccc1-c1cnn(C)c1. The maximum Gasteiger partial charge on any atom is 0.237 e. The second-order valence-electron chi connectivity index (χ2n) is 10.2. The second-order valence-corrected chi connectivity index (χ2v) is 13.1. The van der Waals surface area contributed by atoms with Crippen LogP contribution in [-0.4, -0.2) is 39.0 Å². The number of halogens is 1. The minimum atomic E-state index is -3.58. The number of benzene rings is 2. The van der Waals surface area contributed by atoms with E-state index < -0.39 is 14.8 Å². The number of nitrogens with one attached hydrogen (secondary N) is 3. The molecule has 12 heteroatoms. The molecular weight excluding hydrogens is 538 g/mol. The zero-order valence-electron chi connectivity index (χ0n) is 22.7. The molecule has 0 radical (unpaired) electrons. The number of rotatable bonds is 9. The Hall–Kier alpha value is -3.83. The Morgan fingerprint density at radius 2 is 1.72 bits per heavy atom. The number of sulfonamides is 1. The van der Waals surface area contributed by atoms with Gasteiger partial charge >= 0.3 is 0 Å². The third kappa shape index (κ3) is 6.98. The molecule has 2 aromatic heterocycles. The van der Waals surface area contributed by atoms with Crippen LogP contribution in [0.2, 0.25) is 5.02 Å². The highest BCUT2D eigenvalue weighted by atomic mass is 35.5. The van der Waals surface area contributed by atoms with E-state index in [1.165, 1.54) is 6.20 Å². The summed E-state index contributed by atoms with van der Waals surface area (Å²) < 4.78 is 34.6. The van der Waals surface area contributed by atoms with E-state index in [2.05, 4.69) is 30.4 Å². The Labute approximate surface area is 233 Å². The van der Waals surface area contributed by atoms with E-state index in [4.69, 9.17) is 16.3 Å².